The highest BCUT2D eigenvalue weighted by atomic mass is 16.5. The molecule has 1 aromatic carbocycles. The molecule has 1 N–H and O–H groups in total. The lowest BCUT2D eigenvalue weighted by Crippen LogP contribution is -2.39. The van der Waals surface area contributed by atoms with E-state index < -0.39 is 0 Å². The number of aromatic nitrogens is 5. The smallest absolute Gasteiger partial charge is 0.253 e. The molecule has 0 bridgehead atoms. The first kappa shape index (κ1) is 21.9. The van der Waals surface area contributed by atoms with Crippen LogP contribution < -0.4 is 15.0 Å². The van der Waals surface area contributed by atoms with Crippen molar-refractivity contribution >= 4 is 10.9 Å². The van der Waals surface area contributed by atoms with Gasteiger partial charge in [-0.25, -0.2) is 4.68 Å². The molecular formula is C24H32N6O3. The van der Waals surface area contributed by atoms with Crippen molar-refractivity contribution in [3.05, 3.63) is 39.9 Å². The fourth-order valence-corrected chi connectivity index (χ4v) is 5.39. The summed E-state index contributed by atoms with van der Waals surface area (Å²) in [4.78, 5) is 18.9. The van der Waals surface area contributed by atoms with Crippen LogP contribution in [-0.4, -0.2) is 57.4 Å². The van der Waals surface area contributed by atoms with Crippen molar-refractivity contribution in [3.63, 3.8) is 0 Å². The van der Waals surface area contributed by atoms with Gasteiger partial charge in [-0.3, -0.25) is 9.69 Å². The van der Waals surface area contributed by atoms with Gasteiger partial charge < -0.3 is 14.5 Å². The summed E-state index contributed by atoms with van der Waals surface area (Å²) >= 11 is 0. The van der Waals surface area contributed by atoms with E-state index in [2.05, 4.69) is 25.4 Å². The van der Waals surface area contributed by atoms with Gasteiger partial charge >= 0.3 is 0 Å². The van der Waals surface area contributed by atoms with E-state index in [9.17, 15) is 4.79 Å². The zero-order chi connectivity index (χ0) is 22.8. The number of piperidine rings is 1. The number of likely N-dealkylation sites (tertiary alicyclic amines) is 1. The normalized spacial score (nSPS) is 19.0. The van der Waals surface area contributed by atoms with Gasteiger partial charge in [0.05, 0.1) is 25.8 Å². The fourth-order valence-electron chi connectivity index (χ4n) is 5.39. The maximum atomic E-state index is 13.4. The first-order chi connectivity index (χ1) is 16.2. The number of pyridine rings is 1. The van der Waals surface area contributed by atoms with E-state index in [1.165, 1.54) is 25.7 Å². The predicted molar refractivity (Wildman–Crippen MR) is 125 cm³/mol. The molecule has 0 radical (unpaired) electrons. The summed E-state index contributed by atoms with van der Waals surface area (Å²) in [5, 5.41) is 13.8. The molecule has 1 aliphatic heterocycles. The van der Waals surface area contributed by atoms with Crippen LogP contribution in [0.2, 0.25) is 0 Å². The van der Waals surface area contributed by atoms with E-state index in [0.29, 0.717) is 28.6 Å². The number of rotatable bonds is 6. The average molecular weight is 453 g/mol. The first-order valence-electron chi connectivity index (χ1n) is 12.0. The van der Waals surface area contributed by atoms with Crippen molar-refractivity contribution in [2.45, 2.75) is 63.5 Å². The number of hydrogen-bond donors (Lipinski definition) is 1. The van der Waals surface area contributed by atoms with E-state index in [1.807, 2.05) is 16.8 Å². The highest BCUT2D eigenvalue weighted by Gasteiger charge is 2.33. The van der Waals surface area contributed by atoms with Gasteiger partial charge in [0.25, 0.3) is 5.56 Å². The van der Waals surface area contributed by atoms with Gasteiger partial charge in [-0.1, -0.05) is 25.7 Å². The van der Waals surface area contributed by atoms with Crippen LogP contribution in [0.4, 0.5) is 0 Å². The van der Waals surface area contributed by atoms with Crippen molar-refractivity contribution in [2.24, 2.45) is 0 Å². The molecule has 2 fully saturated rings. The summed E-state index contributed by atoms with van der Waals surface area (Å²) < 4.78 is 12.9. The summed E-state index contributed by atoms with van der Waals surface area (Å²) in [5.74, 6) is 1.99. The van der Waals surface area contributed by atoms with Gasteiger partial charge in [0.2, 0.25) is 0 Å². The number of benzene rings is 1. The van der Waals surface area contributed by atoms with Crippen molar-refractivity contribution in [1.82, 2.24) is 30.1 Å². The molecule has 3 aromatic rings. The van der Waals surface area contributed by atoms with Crippen LogP contribution in [0.3, 0.4) is 0 Å². The zero-order valence-corrected chi connectivity index (χ0v) is 19.4. The number of aromatic amines is 1. The lowest BCUT2D eigenvalue weighted by atomic mass is 9.94. The van der Waals surface area contributed by atoms with Gasteiger partial charge in [-0.15, -0.1) is 5.10 Å². The van der Waals surface area contributed by atoms with Crippen LogP contribution in [0.25, 0.3) is 10.9 Å². The van der Waals surface area contributed by atoms with Gasteiger partial charge in [0, 0.05) is 17.0 Å². The number of nitrogens with zero attached hydrogens (tertiary/aromatic N) is 5. The maximum Gasteiger partial charge on any atom is 0.253 e. The van der Waals surface area contributed by atoms with E-state index in [4.69, 9.17) is 9.47 Å². The summed E-state index contributed by atoms with van der Waals surface area (Å²) in [7, 11) is 3.21. The lowest BCUT2D eigenvalue weighted by Gasteiger charge is -2.34. The largest absolute Gasteiger partial charge is 0.493 e. The SMILES string of the molecule is COc1cc2cc(C(c3nnnn3C3CCCCC3)N3CCCCC3)c(=O)[nH]c2cc1OC. The van der Waals surface area contributed by atoms with E-state index in [0.717, 1.165) is 50.0 Å². The molecule has 0 spiro atoms. The highest BCUT2D eigenvalue weighted by molar-refractivity contribution is 5.83. The Morgan fingerprint density at radius 1 is 0.970 bits per heavy atom. The van der Waals surface area contributed by atoms with E-state index in [1.54, 1.807) is 20.3 Å². The minimum atomic E-state index is -0.288. The van der Waals surface area contributed by atoms with Gasteiger partial charge in [-0.2, -0.15) is 0 Å². The van der Waals surface area contributed by atoms with Crippen LogP contribution in [0.5, 0.6) is 11.5 Å². The molecule has 9 nitrogen and oxygen atoms in total. The molecule has 0 amide bonds. The molecule has 1 aliphatic carbocycles. The Hall–Kier alpha value is -2.94. The van der Waals surface area contributed by atoms with Crippen molar-refractivity contribution in [2.75, 3.05) is 27.3 Å². The zero-order valence-electron chi connectivity index (χ0n) is 19.4. The first-order valence-corrected chi connectivity index (χ1v) is 12.0. The second-order valence-corrected chi connectivity index (χ2v) is 9.12. The Morgan fingerprint density at radius 3 is 2.39 bits per heavy atom. The summed E-state index contributed by atoms with van der Waals surface area (Å²) in [5.41, 5.74) is 1.26. The topological polar surface area (TPSA) is 98.2 Å². The molecule has 33 heavy (non-hydrogen) atoms. The molecular weight excluding hydrogens is 420 g/mol. The summed E-state index contributed by atoms with van der Waals surface area (Å²) in [6.07, 6.45) is 9.23. The molecule has 1 saturated heterocycles. The number of H-pyrrole nitrogens is 1. The third-order valence-electron chi connectivity index (χ3n) is 7.11. The Morgan fingerprint density at radius 2 is 1.67 bits per heavy atom. The highest BCUT2D eigenvalue weighted by Crippen LogP contribution is 2.36. The molecule has 5 rings (SSSR count). The second kappa shape index (κ2) is 9.51. The third-order valence-corrected chi connectivity index (χ3v) is 7.11. The van der Waals surface area contributed by atoms with Crippen molar-refractivity contribution in [1.29, 1.82) is 0 Å². The standard InChI is InChI=1S/C24H32N6O3/c1-32-20-14-16-13-18(24(31)25-19(16)15-21(20)33-2)22(29-11-7-4-8-12-29)23-26-27-28-30(23)17-9-5-3-6-10-17/h13-15,17,22H,3-12H2,1-2H3,(H,25,31). The summed E-state index contributed by atoms with van der Waals surface area (Å²) in [6.45, 7) is 1.84. The molecule has 1 unspecified atom stereocenters. The monoisotopic (exact) mass is 452 g/mol. The lowest BCUT2D eigenvalue weighted by molar-refractivity contribution is 0.171. The Kier molecular flexibility index (Phi) is 6.30. The minimum Gasteiger partial charge on any atom is -0.493 e. The number of hydrogen-bond acceptors (Lipinski definition) is 7. The van der Waals surface area contributed by atoms with Crippen molar-refractivity contribution < 1.29 is 9.47 Å². The molecule has 1 saturated carbocycles. The van der Waals surface area contributed by atoms with Gasteiger partial charge in [0.15, 0.2) is 17.3 Å². The number of methoxy groups -OCH3 is 2. The Labute approximate surface area is 193 Å². The Balaban J connectivity index is 1.64. The number of tetrazole rings is 1. The number of ether oxygens (including phenoxy) is 2. The molecule has 2 aliphatic rings. The van der Waals surface area contributed by atoms with Gasteiger partial charge in [0.1, 0.15) is 6.04 Å². The predicted octanol–water partition coefficient (Wildman–Crippen LogP) is 3.61. The van der Waals surface area contributed by atoms with E-state index in [-0.39, 0.29) is 11.6 Å². The van der Waals surface area contributed by atoms with Crippen LogP contribution >= 0.6 is 0 Å². The molecule has 1 atom stereocenters. The second-order valence-electron chi connectivity index (χ2n) is 9.12. The Bertz CT molecular complexity index is 1160. The maximum absolute atomic E-state index is 13.4. The average Bonchev–Trinajstić information content (AvgIpc) is 3.34. The minimum absolute atomic E-state index is 0.122. The van der Waals surface area contributed by atoms with Gasteiger partial charge in [-0.05, 0) is 61.3 Å². The molecule has 3 heterocycles. The van der Waals surface area contributed by atoms with Crippen LogP contribution in [0.1, 0.15) is 74.8 Å². The molecule has 176 valence electrons. The number of nitrogens with one attached hydrogen (secondary N) is 1. The quantitative estimate of drug-likeness (QED) is 0.610. The fraction of sp³-hybridized carbons (Fsp3) is 0.583. The molecule has 9 heteroatoms. The van der Waals surface area contributed by atoms with Crippen molar-refractivity contribution in [3.8, 4) is 11.5 Å². The molecule has 2 aromatic heterocycles. The summed E-state index contributed by atoms with van der Waals surface area (Å²) in [6, 6.07) is 5.69. The van der Waals surface area contributed by atoms with Crippen LogP contribution in [0, 0.1) is 0 Å². The third kappa shape index (κ3) is 4.21. The van der Waals surface area contributed by atoms with E-state index >= 15 is 0 Å². The number of fused-ring (bicyclic) bond motifs is 1. The van der Waals surface area contributed by atoms with Crippen LogP contribution in [-0.2, 0) is 0 Å². The van der Waals surface area contributed by atoms with Crippen LogP contribution in [0.15, 0.2) is 23.0 Å².